The first-order chi connectivity index (χ1) is 32.4. The summed E-state index contributed by atoms with van der Waals surface area (Å²) >= 11 is 0. The molecule has 1 unspecified atom stereocenters. The van der Waals surface area contributed by atoms with Gasteiger partial charge in [-0.25, -0.2) is 9.59 Å². The van der Waals surface area contributed by atoms with Gasteiger partial charge in [0, 0.05) is 74.9 Å². The maximum atomic E-state index is 14.0. The minimum absolute atomic E-state index is 0.0251. The quantitative estimate of drug-likeness (QED) is 0.0487. The molecule has 4 aliphatic rings. The van der Waals surface area contributed by atoms with Crippen LogP contribution in [0.5, 0.6) is 11.5 Å². The number of hydrogen-bond acceptors (Lipinski definition) is 10. The van der Waals surface area contributed by atoms with Crippen molar-refractivity contribution in [3.8, 4) is 23.3 Å². The molecule has 4 aromatic carbocycles. The Balaban J connectivity index is 1.02. The second-order valence-electron chi connectivity index (χ2n) is 22.5. The minimum atomic E-state index is -1.31. The number of carboxylic acid groups (broad SMARTS) is 1. The number of carbonyl (C=O) groups is 3. The van der Waals surface area contributed by atoms with Crippen LogP contribution in [0.2, 0.25) is 0 Å². The van der Waals surface area contributed by atoms with Crippen molar-refractivity contribution in [3.63, 3.8) is 0 Å². The van der Waals surface area contributed by atoms with Crippen LogP contribution in [-0.2, 0) is 21.7 Å². The van der Waals surface area contributed by atoms with E-state index in [-0.39, 0.29) is 44.3 Å². The average molecular weight is 935 g/mol. The summed E-state index contributed by atoms with van der Waals surface area (Å²) < 4.78 is 5.65. The minimum Gasteiger partial charge on any atom is -0.507 e. The van der Waals surface area contributed by atoms with Gasteiger partial charge in [0.15, 0.2) is 5.78 Å². The number of aromatic carboxylic acids is 1. The van der Waals surface area contributed by atoms with Crippen molar-refractivity contribution >= 4 is 35.2 Å². The van der Waals surface area contributed by atoms with Gasteiger partial charge in [0.2, 0.25) is 0 Å². The number of ketones is 1. The fourth-order valence-corrected chi connectivity index (χ4v) is 10.8. The number of anilines is 2. The molecule has 0 saturated carbocycles. The number of phenols is 1. The predicted molar refractivity (Wildman–Crippen MR) is 275 cm³/mol. The molecule has 2 saturated heterocycles. The first kappa shape index (κ1) is 49.5. The Hall–Kier alpha value is -5.93. The number of esters is 1. The Labute approximate surface area is 408 Å². The molecular formula is C58H70N4O7. The van der Waals surface area contributed by atoms with Crippen molar-refractivity contribution < 1.29 is 34.4 Å². The summed E-state index contributed by atoms with van der Waals surface area (Å²) in [4.78, 5) is 49.5. The molecule has 2 heterocycles. The zero-order valence-electron chi connectivity index (χ0n) is 42.3. The predicted octanol–water partition coefficient (Wildman–Crippen LogP) is 9.49. The van der Waals surface area contributed by atoms with E-state index in [4.69, 9.17) is 4.74 Å². The summed E-state index contributed by atoms with van der Waals surface area (Å²) in [5, 5.41) is 32.7. The molecule has 3 N–H and O–H groups in total. The number of phenolic OH excluding ortho intramolecular Hbond substituents is 1. The SMILES string of the molecule is CN1CCN(c2cc(C(=O)/C=C/c3ccc(C(=O)O)c(OC(=O)c4ccc(C#CC(O)c5cc(N6CCN(C)CC6)c6c(c5)C(C)(C)CCC6(C)C)cc4O)c3)cc3c2C(C)(C)CCC3(C)C)CC1. The van der Waals surface area contributed by atoms with Crippen molar-refractivity contribution in [3.05, 3.63) is 122 Å². The molecule has 1 atom stereocenters. The van der Waals surface area contributed by atoms with Gasteiger partial charge >= 0.3 is 11.9 Å². The van der Waals surface area contributed by atoms with Crippen LogP contribution in [0, 0.1) is 11.8 Å². The van der Waals surface area contributed by atoms with Crippen LogP contribution in [0.4, 0.5) is 11.4 Å². The molecule has 2 aliphatic carbocycles. The van der Waals surface area contributed by atoms with Gasteiger partial charge in [-0.3, -0.25) is 4.79 Å². The van der Waals surface area contributed by atoms with Crippen LogP contribution in [0.15, 0.2) is 66.7 Å². The van der Waals surface area contributed by atoms with Crippen LogP contribution in [0.1, 0.15) is 157 Å². The smallest absolute Gasteiger partial charge is 0.347 e. The monoisotopic (exact) mass is 935 g/mol. The summed E-state index contributed by atoms with van der Waals surface area (Å²) in [6.07, 6.45) is 6.11. The third-order valence-electron chi connectivity index (χ3n) is 15.5. The number of carbonyl (C=O) groups excluding carboxylic acids is 2. The van der Waals surface area contributed by atoms with Crippen molar-refractivity contribution in [1.29, 1.82) is 0 Å². The lowest BCUT2D eigenvalue weighted by Crippen LogP contribution is -2.46. The van der Waals surface area contributed by atoms with E-state index in [1.54, 1.807) is 18.2 Å². The number of aliphatic hydroxyl groups is 1. The number of nitrogens with zero attached hydrogens (tertiary/aromatic N) is 4. The van der Waals surface area contributed by atoms with Crippen LogP contribution < -0.4 is 14.5 Å². The van der Waals surface area contributed by atoms with Crippen LogP contribution in [0.25, 0.3) is 6.08 Å². The molecule has 0 amide bonds. The zero-order chi connectivity index (χ0) is 49.8. The van der Waals surface area contributed by atoms with E-state index in [1.165, 1.54) is 52.6 Å². The van der Waals surface area contributed by atoms with Gasteiger partial charge in [0.25, 0.3) is 0 Å². The third-order valence-corrected chi connectivity index (χ3v) is 15.5. The Morgan fingerprint density at radius 1 is 0.652 bits per heavy atom. The second-order valence-corrected chi connectivity index (χ2v) is 22.5. The van der Waals surface area contributed by atoms with Gasteiger partial charge < -0.3 is 39.7 Å². The number of hydrogen-bond donors (Lipinski definition) is 3. The molecule has 69 heavy (non-hydrogen) atoms. The number of likely N-dealkylation sites (N-methyl/N-ethyl adjacent to an activating group) is 2. The van der Waals surface area contributed by atoms with Crippen LogP contribution >= 0.6 is 0 Å². The maximum absolute atomic E-state index is 14.0. The highest BCUT2D eigenvalue weighted by molar-refractivity contribution is 6.08. The van der Waals surface area contributed by atoms with Gasteiger partial charge in [0.1, 0.15) is 28.7 Å². The van der Waals surface area contributed by atoms with E-state index in [1.807, 2.05) is 6.07 Å². The lowest BCUT2D eigenvalue weighted by molar-refractivity contribution is 0.0680. The van der Waals surface area contributed by atoms with Gasteiger partial charge in [-0.2, -0.15) is 0 Å². The molecule has 0 aromatic heterocycles. The zero-order valence-corrected chi connectivity index (χ0v) is 42.3. The van der Waals surface area contributed by atoms with Crippen molar-refractivity contribution in [2.45, 2.75) is 109 Å². The topological polar surface area (TPSA) is 134 Å². The summed E-state index contributed by atoms with van der Waals surface area (Å²) in [6, 6.07) is 16.8. The second kappa shape index (κ2) is 18.8. The fraction of sp³-hybridized carbons (Fsp3) is 0.466. The highest BCUT2D eigenvalue weighted by Gasteiger charge is 2.42. The fourth-order valence-electron chi connectivity index (χ4n) is 10.8. The summed E-state index contributed by atoms with van der Waals surface area (Å²) in [6.45, 7) is 25.6. The molecule has 0 bridgehead atoms. The summed E-state index contributed by atoms with van der Waals surface area (Å²) in [7, 11) is 4.27. The standard InChI is InChI=1S/C58H70N4O7/c1-55(2)19-21-57(5,6)51-43(55)33-39(35-45(51)61-27-23-59(9)24-28-61)47(63)17-13-37-11-15-41(49(65)31-37)54(68)69-50-32-38(12-16-42(50)53(66)67)14-18-48(64)40-34-44-52(58(7,8)22-20-56(44,3)4)46(36-40)62-29-25-60(10)26-30-62/h11-12,14-16,18,31-36,47,63,65H,19-30H2,1-10H3,(H,66,67)/b18-14+. The third kappa shape index (κ3) is 10.2. The highest BCUT2D eigenvalue weighted by atomic mass is 16.5. The molecule has 4 aromatic rings. The van der Waals surface area contributed by atoms with Crippen molar-refractivity contribution in [2.75, 3.05) is 76.3 Å². The molecular weight excluding hydrogens is 865 g/mol. The number of aliphatic hydroxyl groups excluding tert-OH is 1. The Morgan fingerprint density at radius 2 is 1.17 bits per heavy atom. The van der Waals surface area contributed by atoms with E-state index in [2.05, 4.69) is 119 Å². The summed E-state index contributed by atoms with van der Waals surface area (Å²) in [5.41, 5.74) is 8.75. The Kier molecular flexibility index (Phi) is 13.5. The average Bonchev–Trinajstić information content (AvgIpc) is 3.30. The molecule has 11 heteroatoms. The van der Waals surface area contributed by atoms with Gasteiger partial charge in [-0.15, -0.1) is 0 Å². The number of allylic oxidation sites excluding steroid dienone is 1. The first-order valence-electron chi connectivity index (χ1n) is 24.5. The van der Waals surface area contributed by atoms with E-state index < -0.39 is 23.8 Å². The number of carboxylic acids is 1. The lowest BCUT2D eigenvalue weighted by atomic mass is 9.62. The van der Waals surface area contributed by atoms with Gasteiger partial charge in [-0.1, -0.05) is 85.4 Å². The molecule has 0 spiro atoms. The van der Waals surface area contributed by atoms with Crippen LogP contribution in [-0.4, -0.2) is 109 Å². The normalized spacial score (nSPS) is 20.0. The van der Waals surface area contributed by atoms with Crippen molar-refractivity contribution in [1.82, 2.24) is 9.80 Å². The highest BCUT2D eigenvalue weighted by Crippen LogP contribution is 2.52. The molecule has 2 aliphatic heterocycles. The maximum Gasteiger partial charge on any atom is 0.347 e. The molecule has 0 radical (unpaired) electrons. The van der Waals surface area contributed by atoms with E-state index in [0.717, 1.165) is 89.4 Å². The van der Waals surface area contributed by atoms with Crippen molar-refractivity contribution in [2.24, 2.45) is 0 Å². The van der Waals surface area contributed by atoms with E-state index in [9.17, 15) is 29.7 Å². The van der Waals surface area contributed by atoms with E-state index in [0.29, 0.717) is 22.3 Å². The molecule has 11 nitrogen and oxygen atoms in total. The number of benzene rings is 4. The molecule has 8 rings (SSSR count). The number of rotatable bonds is 9. The molecule has 2 fully saturated rings. The number of piperazine rings is 2. The Bertz CT molecular complexity index is 2780. The van der Waals surface area contributed by atoms with Gasteiger partial charge in [-0.05, 0) is 149 Å². The number of fused-ring (bicyclic) bond motifs is 2. The lowest BCUT2D eigenvalue weighted by Gasteiger charge is -2.46. The number of ether oxygens (including phenoxy) is 1. The van der Waals surface area contributed by atoms with E-state index >= 15 is 0 Å². The number of aromatic hydroxyl groups is 1. The molecule has 364 valence electrons. The summed E-state index contributed by atoms with van der Waals surface area (Å²) in [5.74, 6) is 2.82. The van der Waals surface area contributed by atoms with Gasteiger partial charge in [0.05, 0.1) is 0 Å². The van der Waals surface area contributed by atoms with Crippen LogP contribution in [0.3, 0.4) is 0 Å². The first-order valence-corrected chi connectivity index (χ1v) is 24.5. The Morgan fingerprint density at radius 3 is 1.72 bits per heavy atom. The largest absolute Gasteiger partial charge is 0.507 e.